The highest BCUT2D eigenvalue weighted by atomic mass is 35.5. The first-order chi connectivity index (χ1) is 10.1. The van der Waals surface area contributed by atoms with E-state index in [0.717, 1.165) is 31.1 Å². The van der Waals surface area contributed by atoms with E-state index < -0.39 is 0 Å². The highest BCUT2D eigenvalue weighted by Crippen LogP contribution is 2.32. The predicted octanol–water partition coefficient (Wildman–Crippen LogP) is 3.37. The molecule has 0 bridgehead atoms. The molecular weight excluding hydrogens is 282 g/mol. The van der Waals surface area contributed by atoms with Gasteiger partial charge in [-0.25, -0.2) is 0 Å². The number of nitrogens with one attached hydrogen (secondary N) is 1. The zero-order valence-electron chi connectivity index (χ0n) is 13.5. The van der Waals surface area contributed by atoms with E-state index in [9.17, 15) is 0 Å². The second kappa shape index (κ2) is 8.02. The van der Waals surface area contributed by atoms with Crippen LogP contribution in [0.15, 0.2) is 18.2 Å². The van der Waals surface area contributed by atoms with Crippen LogP contribution in [-0.4, -0.2) is 44.7 Å². The summed E-state index contributed by atoms with van der Waals surface area (Å²) in [6, 6.07) is 6.79. The van der Waals surface area contributed by atoms with E-state index in [-0.39, 0.29) is 0 Å². The zero-order chi connectivity index (χ0) is 15.2. The molecule has 1 fully saturated rings. The number of likely N-dealkylation sites (tertiary alicyclic amines) is 1. The molecule has 1 N–H and O–H groups in total. The van der Waals surface area contributed by atoms with Crippen LogP contribution in [0.25, 0.3) is 0 Å². The minimum absolute atomic E-state index is 0.550. The van der Waals surface area contributed by atoms with Gasteiger partial charge in [-0.1, -0.05) is 30.7 Å². The molecule has 1 unspecified atom stereocenters. The first kappa shape index (κ1) is 16.6. The number of benzene rings is 1. The average molecular weight is 310 g/mol. The molecule has 1 saturated heterocycles. The fraction of sp³-hybridized carbons (Fsp3) is 0.647. The first-order valence-electron chi connectivity index (χ1n) is 8.03. The summed E-state index contributed by atoms with van der Waals surface area (Å²) < 4.78 is 0. The smallest absolute Gasteiger partial charge is 0.0642 e. The van der Waals surface area contributed by atoms with Gasteiger partial charge in [0, 0.05) is 26.2 Å². The standard InChI is InChI=1S/C17H28ClN3/c1-4-10-19-12-14-7-5-9-16(18)17(14)21(3)15-8-6-11-20(2)13-15/h5,7,9,15,19H,4,6,8,10-13H2,1-3H3. The highest BCUT2D eigenvalue weighted by Gasteiger charge is 2.24. The normalized spacial score (nSPS) is 19.7. The van der Waals surface area contributed by atoms with Crippen molar-refractivity contribution >= 4 is 17.3 Å². The van der Waals surface area contributed by atoms with E-state index in [1.54, 1.807) is 0 Å². The molecule has 0 spiro atoms. The Balaban J connectivity index is 2.16. The van der Waals surface area contributed by atoms with Crippen molar-refractivity contribution < 1.29 is 0 Å². The van der Waals surface area contributed by atoms with E-state index in [1.807, 2.05) is 6.07 Å². The Morgan fingerprint density at radius 2 is 2.24 bits per heavy atom. The molecule has 4 heteroatoms. The van der Waals surface area contributed by atoms with Gasteiger partial charge >= 0.3 is 0 Å². The molecule has 0 radical (unpaired) electrons. The van der Waals surface area contributed by atoms with Crippen molar-refractivity contribution in [2.45, 2.75) is 38.8 Å². The number of halogens is 1. The summed E-state index contributed by atoms with van der Waals surface area (Å²) in [4.78, 5) is 4.80. The van der Waals surface area contributed by atoms with Crippen molar-refractivity contribution in [3.63, 3.8) is 0 Å². The quantitative estimate of drug-likeness (QED) is 0.813. The minimum Gasteiger partial charge on any atom is -0.369 e. The Morgan fingerprint density at radius 3 is 2.95 bits per heavy atom. The van der Waals surface area contributed by atoms with Crippen LogP contribution in [0.4, 0.5) is 5.69 Å². The van der Waals surface area contributed by atoms with Gasteiger partial charge in [0.2, 0.25) is 0 Å². The molecule has 1 heterocycles. The van der Waals surface area contributed by atoms with Gasteiger partial charge < -0.3 is 15.1 Å². The van der Waals surface area contributed by atoms with E-state index >= 15 is 0 Å². The summed E-state index contributed by atoms with van der Waals surface area (Å²) in [5, 5.41) is 4.35. The van der Waals surface area contributed by atoms with Crippen LogP contribution < -0.4 is 10.2 Å². The molecule has 1 aromatic rings. The Labute approximate surface area is 134 Å². The summed E-state index contributed by atoms with van der Waals surface area (Å²) in [6.07, 6.45) is 3.66. The van der Waals surface area contributed by atoms with Crippen molar-refractivity contribution in [2.24, 2.45) is 0 Å². The maximum atomic E-state index is 6.51. The summed E-state index contributed by atoms with van der Waals surface area (Å²) in [5.41, 5.74) is 2.50. The molecule has 1 aromatic carbocycles. The topological polar surface area (TPSA) is 18.5 Å². The van der Waals surface area contributed by atoms with Gasteiger partial charge in [-0.05, 0) is 51.0 Å². The third kappa shape index (κ3) is 4.35. The number of piperidine rings is 1. The molecular formula is C17H28ClN3. The van der Waals surface area contributed by atoms with Crippen molar-refractivity contribution in [3.05, 3.63) is 28.8 Å². The molecule has 2 rings (SSSR count). The van der Waals surface area contributed by atoms with Crippen LogP contribution in [0.5, 0.6) is 0 Å². The second-order valence-corrected chi connectivity index (χ2v) is 6.50. The number of nitrogens with zero attached hydrogens (tertiary/aromatic N) is 2. The maximum Gasteiger partial charge on any atom is 0.0642 e. The molecule has 1 aliphatic rings. The van der Waals surface area contributed by atoms with Gasteiger partial charge in [0.05, 0.1) is 10.7 Å². The maximum absolute atomic E-state index is 6.51. The predicted molar refractivity (Wildman–Crippen MR) is 92.4 cm³/mol. The monoisotopic (exact) mass is 309 g/mol. The van der Waals surface area contributed by atoms with Crippen LogP contribution >= 0.6 is 11.6 Å². The number of hydrogen-bond acceptors (Lipinski definition) is 3. The Kier molecular flexibility index (Phi) is 6.34. The van der Waals surface area contributed by atoms with Gasteiger partial charge in [0.25, 0.3) is 0 Å². The molecule has 0 amide bonds. The van der Waals surface area contributed by atoms with Gasteiger partial charge in [-0.15, -0.1) is 0 Å². The molecule has 118 valence electrons. The Bertz CT molecular complexity index is 450. The number of rotatable bonds is 6. The van der Waals surface area contributed by atoms with Crippen molar-refractivity contribution in [1.82, 2.24) is 10.2 Å². The lowest BCUT2D eigenvalue weighted by Crippen LogP contribution is -2.45. The van der Waals surface area contributed by atoms with Gasteiger partial charge in [-0.3, -0.25) is 0 Å². The van der Waals surface area contributed by atoms with E-state index in [0.29, 0.717) is 6.04 Å². The van der Waals surface area contributed by atoms with Crippen molar-refractivity contribution in [2.75, 3.05) is 38.6 Å². The van der Waals surface area contributed by atoms with Crippen molar-refractivity contribution in [3.8, 4) is 0 Å². The van der Waals surface area contributed by atoms with Crippen LogP contribution in [0.1, 0.15) is 31.7 Å². The average Bonchev–Trinajstić information content (AvgIpc) is 2.47. The molecule has 1 atom stereocenters. The fourth-order valence-corrected chi connectivity index (χ4v) is 3.46. The SMILES string of the molecule is CCCNCc1cccc(Cl)c1N(C)C1CCCN(C)C1. The lowest BCUT2D eigenvalue weighted by molar-refractivity contribution is 0.248. The minimum atomic E-state index is 0.550. The fourth-order valence-electron chi connectivity index (χ4n) is 3.14. The highest BCUT2D eigenvalue weighted by molar-refractivity contribution is 6.33. The lowest BCUT2D eigenvalue weighted by Gasteiger charge is -2.38. The largest absolute Gasteiger partial charge is 0.369 e. The Morgan fingerprint density at radius 1 is 1.43 bits per heavy atom. The molecule has 1 aliphatic heterocycles. The van der Waals surface area contributed by atoms with Gasteiger partial charge in [0.1, 0.15) is 0 Å². The van der Waals surface area contributed by atoms with Gasteiger partial charge in [-0.2, -0.15) is 0 Å². The second-order valence-electron chi connectivity index (χ2n) is 6.09. The molecule has 3 nitrogen and oxygen atoms in total. The molecule has 0 saturated carbocycles. The molecule has 21 heavy (non-hydrogen) atoms. The van der Waals surface area contributed by atoms with Crippen LogP contribution in [0.3, 0.4) is 0 Å². The number of anilines is 1. The zero-order valence-corrected chi connectivity index (χ0v) is 14.3. The molecule has 0 aliphatic carbocycles. The van der Waals surface area contributed by atoms with E-state index in [2.05, 4.69) is 48.3 Å². The number of likely N-dealkylation sites (N-methyl/N-ethyl adjacent to an activating group) is 2. The van der Waals surface area contributed by atoms with Crippen molar-refractivity contribution in [1.29, 1.82) is 0 Å². The summed E-state index contributed by atoms with van der Waals surface area (Å²) >= 11 is 6.51. The summed E-state index contributed by atoms with van der Waals surface area (Å²) in [6.45, 7) is 6.44. The number of hydrogen-bond donors (Lipinski definition) is 1. The third-order valence-electron chi connectivity index (χ3n) is 4.31. The first-order valence-corrected chi connectivity index (χ1v) is 8.40. The molecule has 0 aromatic heterocycles. The third-order valence-corrected chi connectivity index (χ3v) is 4.62. The lowest BCUT2D eigenvalue weighted by atomic mass is 10.0. The van der Waals surface area contributed by atoms with Crippen LogP contribution in [-0.2, 0) is 6.54 Å². The van der Waals surface area contributed by atoms with Crippen LogP contribution in [0.2, 0.25) is 5.02 Å². The van der Waals surface area contributed by atoms with Crippen LogP contribution in [0, 0.1) is 0 Å². The summed E-state index contributed by atoms with van der Waals surface area (Å²) in [5.74, 6) is 0. The number of para-hydroxylation sites is 1. The van der Waals surface area contributed by atoms with E-state index in [4.69, 9.17) is 11.6 Å². The summed E-state index contributed by atoms with van der Waals surface area (Å²) in [7, 11) is 4.39. The Hall–Kier alpha value is -0.770. The van der Waals surface area contributed by atoms with E-state index in [1.165, 1.54) is 30.6 Å². The van der Waals surface area contributed by atoms with Gasteiger partial charge in [0.15, 0.2) is 0 Å².